The number of hydrogen-bond acceptors (Lipinski definition) is 3. The first-order valence-electron chi connectivity index (χ1n) is 30.3. The van der Waals surface area contributed by atoms with Crippen molar-refractivity contribution in [1.29, 1.82) is 0 Å². The van der Waals surface area contributed by atoms with Gasteiger partial charge in [0.25, 0.3) is 6.71 Å². The molecule has 7 bridgehead atoms. The summed E-state index contributed by atoms with van der Waals surface area (Å²) in [6.07, 6.45) is 10.7. The minimum atomic E-state index is -0.0311. The lowest BCUT2D eigenvalue weighted by molar-refractivity contribution is 0.208. The zero-order valence-corrected chi connectivity index (χ0v) is 51.7. The zero-order valence-electron chi connectivity index (χ0n) is 50.9. The molecule has 78 heavy (non-hydrogen) atoms. The average molecular weight is 1050 g/mol. The van der Waals surface area contributed by atoms with Gasteiger partial charge in [0.05, 0.1) is 10.7 Å². The minimum absolute atomic E-state index is 0.0292. The summed E-state index contributed by atoms with van der Waals surface area (Å²) in [5, 5.41) is 2.85. The molecule has 0 amide bonds. The number of fused-ring (bicyclic) bond motifs is 8. The van der Waals surface area contributed by atoms with Crippen LogP contribution in [0.1, 0.15) is 231 Å². The predicted octanol–water partition coefficient (Wildman–Crippen LogP) is 19.0. The fourth-order valence-corrected chi connectivity index (χ4v) is 18.7. The van der Waals surface area contributed by atoms with Crippen molar-refractivity contribution in [3.8, 4) is 11.1 Å². The average Bonchev–Trinajstić information content (AvgIpc) is 3.26. The molecule has 1 aromatic heterocycles. The molecule has 4 heteroatoms. The van der Waals surface area contributed by atoms with Crippen molar-refractivity contribution in [2.24, 2.45) is 0 Å². The van der Waals surface area contributed by atoms with E-state index in [9.17, 15) is 0 Å². The molecule has 2 unspecified atom stereocenters. The maximum atomic E-state index is 2.82. The Bertz CT molecular complexity index is 3790. The van der Waals surface area contributed by atoms with Crippen LogP contribution in [0.25, 0.3) is 21.2 Å². The van der Waals surface area contributed by atoms with Crippen LogP contribution in [0.4, 0.5) is 33.4 Å². The van der Waals surface area contributed by atoms with E-state index in [1.807, 2.05) is 0 Å². The van der Waals surface area contributed by atoms with Crippen LogP contribution in [-0.4, -0.2) is 6.71 Å². The Morgan fingerprint density at radius 1 is 0.462 bits per heavy atom. The molecule has 0 radical (unpaired) electrons. The van der Waals surface area contributed by atoms with Gasteiger partial charge in [-0.05, 0) is 245 Å². The van der Waals surface area contributed by atoms with Gasteiger partial charge >= 0.3 is 0 Å². The lowest BCUT2D eigenvalue weighted by atomic mass is 9.33. The first kappa shape index (κ1) is 51.1. The number of nitrogens with zero attached hydrogens (tertiary/aromatic N) is 2. The largest absolute Gasteiger partial charge is 0.311 e. The van der Waals surface area contributed by atoms with E-state index in [0.717, 1.165) is 12.8 Å². The summed E-state index contributed by atoms with van der Waals surface area (Å²) in [6, 6.07) is 39.1. The molecular weight excluding hydrogens is 960 g/mol. The van der Waals surface area contributed by atoms with Crippen LogP contribution in [-0.2, 0) is 48.7 Å². The maximum absolute atomic E-state index is 2.82. The molecule has 4 aliphatic heterocycles. The SMILES string of the molecule is Cc1cc2c3c(c1)N(c1ccc4c(c1)C(C)(C)CCC4(C)C)c1c(ccc4c1C(C)(C)CCC4(C)C)B3c1c3sc4cc5c(cc14)C(C)(C)CCC5(C)CC1(C)CCC(C)(C)c4cc(ccc41)-c1cc(C(C)(C)C)ccc1N23. The van der Waals surface area contributed by atoms with Crippen molar-refractivity contribution in [1.82, 2.24) is 0 Å². The highest BCUT2D eigenvalue weighted by molar-refractivity contribution is 7.26. The lowest BCUT2D eigenvalue weighted by Crippen LogP contribution is -2.62. The van der Waals surface area contributed by atoms with Crippen LogP contribution in [0.2, 0.25) is 0 Å². The minimum Gasteiger partial charge on any atom is -0.311 e. The second-order valence-corrected chi connectivity index (χ2v) is 33.1. The molecule has 2 atom stereocenters. The number of benzene rings is 6. The first-order chi connectivity index (χ1) is 36.3. The highest BCUT2D eigenvalue weighted by Gasteiger charge is 2.53. The monoisotopic (exact) mass is 1050 g/mol. The fourth-order valence-electron chi connectivity index (χ4n) is 17.4. The third-order valence-corrected chi connectivity index (χ3v) is 23.7. The standard InChI is InChI=1S/C74H87BN2S/c1-43-35-58-63-59(36-43)77-57-26-20-45(66(2,3)4)38-47(57)44-19-22-50-52(37-44)70(11,12)31-33-73(50,17)42-74(18)34-32-71(13,14)54-40-48-60(41-55(54)74)78-65(77)62(48)75(63)56-25-24-51-61(72(15,16)30-29-68(51,7)8)64(56)76(58)46-21-23-49-53(39-46)69(9,10)28-27-67(49,5)6/h19-26,35-41H,27-34,42H2,1-18H3. The summed E-state index contributed by atoms with van der Waals surface area (Å²) in [7, 11) is 0. The van der Waals surface area contributed by atoms with E-state index in [1.165, 1.54) is 144 Å². The van der Waals surface area contributed by atoms with E-state index < -0.39 is 0 Å². The van der Waals surface area contributed by atoms with Gasteiger partial charge in [0.15, 0.2) is 0 Å². The van der Waals surface area contributed by atoms with Gasteiger partial charge in [0.1, 0.15) is 0 Å². The quantitative estimate of drug-likeness (QED) is 0.151. The number of hydrogen-bond donors (Lipinski definition) is 0. The van der Waals surface area contributed by atoms with Crippen molar-refractivity contribution in [2.75, 3.05) is 9.80 Å². The molecule has 0 N–H and O–H groups in total. The van der Waals surface area contributed by atoms with E-state index in [4.69, 9.17) is 0 Å². The summed E-state index contributed by atoms with van der Waals surface area (Å²) < 4.78 is 1.44. The highest BCUT2D eigenvalue weighted by atomic mass is 32.1. The smallest absolute Gasteiger partial charge is 0.254 e. The van der Waals surface area contributed by atoms with Crippen LogP contribution in [0.15, 0.2) is 91.0 Å². The van der Waals surface area contributed by atoms with E-state index in [-0.39, 0.29) is 55.4 Å². The van der Waals surface area contributed by atoms with E-state index in [0.29, 0.717) is 0 Å². The Morgan fingerprint density at radius 3 is 1.68 bits per heavy atom. The molecule has 4 aliphatic carbocycles. The van der Waals surface area contributed by atoms with Crippen molar-refractivity contribution in [3.05, 3.63) is 147 Å². The first-order valence-corrected chi connectivity index (χ1v) is 31.2. The van der Waals surface area contributed by atoms with Gasteiger partial charge in [-0.25, -0.2) is 0 Å². The number of anilines is 6. The normalized spacial score (nSPS) is 24.7. The number of rotatable bonds is 1. The highest BCUT2D eigenvalue weighted by Crippen LogP contribution is 2.61. The molecule has 0 fully saturated rings. The molecule has 2 nitrogen and oxygen atoms in total. The van der Waals surface area contributed by atoms with Crippen LogP contribution in [0, 0.1) is 6.92 Å². The predicted molar refractivity (Wildman–Crippen MR) is 339 cm³/mol. The summed E-state index contributed by atoms with van der Waals surface area (Å²) in [6.45, 7) is 45.2. The van der Waals surface area contributed by atoms with E-state index >= 15 is 0 Å². The van der Waals surface area contributed by atoms with Crippen molar-refractivity contribution in [3.63, 3.8) is 0 Å². The molecule has 5 heterocycles. The maximum Gasteiger partial charge on any atom is 0.254 e. The molecule has 0 saturated carbocycles. The third kappa shape index (κ3) is 6.98. The molecule has 0 spiro atoms. The fraction of sp³-hybridized carbons (Fsp3) is 0.486. The van der Waals surface area contributed by atoms with Gasteiger partial charge in [-0.3, -0.25) is 0 Å². The van der Waals surface area contributed by atoms with Gasteiger partial charge in [-0.15, -0.1) is 11.3 Å². The van der Waals surface area contributed by atoms with Crippen molar-refractivity contribution in [2.45, 2.75) is 231 Å². The third-order valence-electron chi connectivity index (χ3n) is 22.6. The van der Waals surface area contributed by atoms with Gasteiger partial charge in [0.2, 0.25) is 0 Å². The van der Waals surface area contributed by atoms with E-state index in [2.05, 4.69) is 237 Å². The Hall–Kier alpha value is -5.06. The molecule has 15 rings (SSSR count). The molecule has 7 aromatic rings. The van der Waals surface area contributed by atoms with Crippen LogP contribution < -0.4 is 26.2 Å². The van der Waals surface area contributed by atoms with Gasteiger partial charge in [-0.2, -0.15) is 0 Å². The summed E-state index contributed by atoms with van der Waals surface area (Å²) in [5.74, 6) is 0. The van der Waals surface area contributed by atoms with Gasteiger partial charge < -0.3 is 9.80 Å². The number of aryl methyl sites for hydroxylation is 1. The Balaban J connectivity index is 1.16. The van der Waals surface area contributed by atoms with Crippen LogP contribution in [0.5, 0.6) is 0 Å². The molecule has 402 valence electrons. The summed E-state index contributed by atoms with van der Waals surface area (Å²) >= 11 is 2.08. The Morgan fingerprint density at radius 2 is 1.01 bits per heavy atom. The lowest BCUT2D eigenvalue weighted by Gasteiger charge is -2.51. The van der Waals surface area contributed by atoms with Gasteiger partial charge in [0, 0.05) is 33.0 Å². The Labute approximate surface area is 473 Å². The summed E-state index contributed by atoms with van der Waals surface area (Å²) in [5.41, 5.74) is 29.3. The van der Waals surface area contributed by atoms with E-state index in [1.54, 1.807) is 27.8 Å². The summed E-state index contributed by atoms with van der Waals surface area (Å²) in [4.78, 5) is 5.62. The Kier molecular flexibility index (Phi) is 10.3. The molecule has 6 aromatic carbocycles. The van der Waals surface area contributed by atoms with Crippen molar-refractivity contribution >= 4 is 78.0 Å². The number of thiophene rings is 1. The topological polar surface area (TPSA) is 6.48 Å². The molecule has 0 saturated heterocycles. The zero-order chi connectivity index (χ0) is 55.2. The van der Waals surface area contributed by atoms with Crippen LogP contribution in [0.3, 0.4) is 0 Å². The van der Waals surface area contributed by atoms with Crippen molar-refractivity contribution < 1.29 is 0 Å². The molecule has 8 aliphatic rings. The van der Waals surface area contributed by atoms with Crippen LogP contribution >= 0.6 is 11.3 Å². The second kappa shape index (κ2) is 15.7. The second-order valence-electron chi connectivity index (χ2n) is 32.0. The molecular formula is C74H87BN2S. The van der Waals surface area contributed by atoms with Gasteiger partial charge in [-0.1, -0.05) is 160 Å².